The lowest BCUT2D eigenvalue weighted by atomic mass is 10.0. The van der Waals surface area contributed by atoms with Gasteiger partial charge in [-0.1, -0.05) is 6.07 Å². The molecule has 2 aromatic rings. The first kappa shape index (κ1) is 12.7. The van der Waals surface area contributed by atoms with Gasteiger partial charge in [-0.2, -0.15) is 0 Å². The number of ketones is 1. The molecule has 0 amide bonds. The van der Waals surface area contributed by atoms with Crippen molar-refractivity contribution in [2.24, 2.45) is 5.73 Å². The second kappa shape index (κ2) is 5.29. The number of halogens is 1. The molecule has 0 aliphatic carbocycles. The summed E-state index contributed by atoms with van der Waals surface area (Å²) < 4.78 is 18.3. The average molecular weight is 265 g/mol. The standard InChI is InChI=1S/C13H12FNO2S/c1-17-10-5-4-8(7-9(10)14)13(16)12(15)11-3-2-6-18-11/h2-7,12H,15H2,1H3. The second-order valence-electron chi connectivity index (χ2n) is 3.71. The van der Waals surface area contributed by atoms with Crippen molar-refractivity contribution in [3.63, 3.8) is 0 Å². The maximum Gasteiger partial charge on any atom is 0.184 e. The minimum atomic E-state index is -0.752. The Kier molecular flexibility index (Phi) is 3.74. The average Bonchev–Trinajstić information content (AvgIpc) is 2.90. The van der Waals surface area contributed by atoms with Crippen LogP contribution in [0, 0.1) is 5.82 Å². The number of Topliss-reactive ketones (excluding diaryl/α,β-unsaturated/α-hetero) is 1. The second-order valence-corrected chi connectivity index (χ2v) is 4.69. The number of carbonyl (C=O) groups excluding carboxylic acids is 1. The zero-order chi connectivity index (χ0) is 13.1. The predicted molar refractivity (Wildman–Crippen MR) is 68.5 cm³/mol. The van der Waals surface area contributed by atoms with E-state index in [-0.39, 0.29) is 17.1 Å². The highest BCUT2D eigenvalue weighted by molar-refractivity contribution is 7.10. The lowest BCUT2D eigenvalue weighted by molar-refractivity contribution is 0.0962. The molecule has 1 atom stereocenters. The molecule has 1 aromatic carbocycles. The largest absolute Gasteiger partial charge is 0.494 e. The molecule has 5 heteroatoms. The maximum absolute atomic E-state index is 13.5. The lowest BCUT2D eigenvalue weighted by Crippen LogP contribution is -2.20. The third-order valence-corrected chi connectivity index (χ3v) is 3.52. The van der Waals surface area contributed by atoms with Gasteiger partial charge in [0.2, 0.25) is 0 Å². The number of hydrogen-bond acceptors (Lipinski definition) is 4. The van der Waals surface area contributed by atoms with Gasteiger partial charge in [-0.3, -0.25) is 4.79 Å². The molecule has 94 valence electrons. The van der Waals surface area contributed by atoms with Crippen LogP contribution in [0.25, 0.3) is 0 Å². The molecule has 2 rings (SSSR count). The van der Waals surface area contributed by atoms with E-state index >= 15 is 0 Å². The Morgan fingerprint density at radius 1 is 1.44 bits per heavy atom. The molecule has 0 saturated heterocycles. The maximum atomic E-state index is 13.5. The highest BCUT2D eigenvalue weighted by atomic mass is 32.1. The van der Waals surface area contributed by atoms with E-state index in [9.17, 15) is 9.18 Å². The van der Waals surface area contributed by atoms with Gasteiger partial charge in [0.25, 0.3) is 0 Å². The van der Waals surface area contributed by atoms with Crippen LogP contribution in [0.1, 0.15) is 21.3 Å². The van der Waals surface area contributed by atoms with E-state index in [1.807, 2.05) is 11.4 Å². The van der Waals surface area contributed by atoms with Crippen molar-refractivity contribution in [1.82, 2.24) is 0 Å². The Morgan fingerprint density at radius 3 is 2.78 bits per heavy atom. The first-order valence-corrected chi connectivity index (χ1v) is 6.18. The topological polar surface area (TPSA) is 52.3 Å². The minimum absolute atomic E-state index is 0.108. The van der Waals surface area contributed by atoms with Crippen LogP contribution in [-0.4, -0.2) is 12.9 Å². The van der Waals surface area contributed by atoms with E-state index in [1.54, 1.807) is 6.07 Å². The van der Waals surface area contributed by atoms with Gasteiger partial charge in [0, 0.05) is 10.4 Å². The van der Waals surface area contributed by atoms with Crippen molar-refractivity contribution < 1.29 is 13.9 Å². The summed E-state index contributed by atoms with van der Waals surface area (Å²) in [6.45, 7) is 0. The zero-order valence-corrected chi connectivity index (χ0v) is 10.5. The van der Waals surface area contributed by atoms with Crippen LogP contribution in [0.2, 0.25) is 0 Å². The van der Waals surface area contributed by atoms with Crippen LogP contribution in [0.4, 0.5) is 4.39 Å². The molecule has 3 nitrogen and oxygen atoms in total. The summed E-state index contributed by atoms with van der Waals surface area (Å²) in [5.41, 5.74) is 6.09. The van der Waals surface area contributed by atoms with Crippen molar-refractivity contribution >= 4 is 17.1 Å². The Hall–Kier alpha value is -1.72. The van der Waals surface area contributed by atoms with Crippen LogP contribution in [0.3, 0.4) is 0 Å². The van der Waals surface area contributed by atoms with E-state index < -0.39 is 11.9 Å². The molecule has 0 fully saturated rings. The molecular weight excluding hydrogens is 253 g/mol. The summed E-state index contributed by atoms with van der Waals surface area (Å²) in [5, 5.41) is 1.84. The Bertz CT molecular complexity index is 554. The minimum Gasteiger partial charge on any atom is -0.494 e. The predicted octanol–water partition coefficient (Wildman–Crippen LogP) is 2.78. The molecule has 0 aliphatic heterocycles. The van der Waals surface area contributed by atoms with Gasteiger partial charge in [0.15, 0.2) is 17.3 Å². The zero-order valence-electron chi connectivity index (χ0n) is 9.72. The molecule has 1 unspecified atom stereocenters. The first-order chi connectivity index (χ1) is 8.63. The van der Waals surface area contributed by atoms with E-state index in [4.69, 9.17) is 10.5 Å². The summed E-state index contributed by atoms with van der Waals surface area (Å²) in [4.78, 5) is 12.8. The summed E-state index contributed by atoms with van der Waals surface area (Å²) in [7, 11) is 1.37. The molecule has 0 spiro atoms. The van der Waals surface area contributed by atoms with Crippen LogP contribution in [-0.2, 0) is 0 Å². The summed E-state index contributed by atoms with van der Waals surface area (Å²) in [6.07, 6.45) is 0. The van der Waals surface area contributed by atoms with Crippen molar-refractivity contribution in [1.29, 1.82) is 0 Å². The number of ether oxygens (including phenoxy) is 1. The monoisotopic (exact) mass is 265 g/mol. The molecule has 1 heterocycles. The number of nitrogens with two attached hydrogens (primary N) is 1. The van der Waals surface area contributed by atoms with E-state index in [0.29, 0.717) is 0 Å². The Balaban J connectivity index is 2.26. The highest BCUT2D eigenvalue weighted by Crippen LogP contribution is 2.23. The normalized spacial score (nSPS) is 12.2. The molecule has 0 saturated carbocycles. The summed E-state index contributed by atoms with van der Waals surface area (Å²) >= 11 is 1.40. The number of carbonyl (C=O) groups is 1. The van der Waals surface area contributed by atoms with E-state index in [0.717, 1.165) is 10.9 Å². The third kappa shape index (κ3) is 2.42. The number of thiophene rings is 1. The van der Waals surface area contributed by atoms with Gasteiger partial charge in [-0.25, -0.2) is 4.39 Å². The van der Waals surface area contributed by atoms with Crippen molar-refractivity contribution in [3.8, 4) is 5.75 Å². The molecule has 0 aliphatic rings. The van der Waals surface area contributed by atoms with Gasteiger partial charge in [0.05, 0.1) is 7.11 Å². The van der Waals surface area contributed by atoms with Crippen LogP contribution in [0.5, 0.6) is 5.75 Å². The molecule has 1 aromatic heterocycles. The number of methoxy groups -OCH3 is 1. The molecular formula is C13H12FNO2S. The van der Waals surface area contributed by atoms with Crippen molar-refractivity contribution in [3.05, 3.63) is 52.0 Å². The molecule has 18 heavy (non-hydrogen) atoms. The highest BCUT2D eigenvalue weighted by Gasteiger charge is 2.19. The fourth-order valence-electron chi connectivity index (χ4n) is 1.60. The van der Waals surface area contributed by atoms with E-state index in [1.165, 1.54) is 30.6 Å². The van der Waals surface area contributed by atoms with E-state index in [2.05, 4.69) is 0 Å². The fraction of sp³-hybridized carbons (Fsp3) is 0.154. The number of benzene rings is 1. The fourth-order valence-corrected chi connectivity index (χ4v) is 2.32. The lowest BCUT2D eigenvalue weighted by Gasteiger charge is -2.09. The number of hydrogen-bond donors (Lipinski definition) is 1. The smallest absolute Gasteiger partial charge is 0.184 e. The Labute approximate surface area is 108 Å². The van der Waals surface area contributed by atoms with Crippen LogP contribution in [0.15, 0.2) is 35.7 Å². The number of rotatable bonds is 4. The van der Waals surface area contributed by atoms with Crippen LogP contribution >= 0.6 is 11.3 Å². The molecule has 0 bridgehead atoms. The third-order valence-electron chi connectivity index (χ3n) is 2.57. The van der Waals surface area contributed by atoms with Gasteiger partial charge >= 0.3 is 0 Å². The Morgan fingerprint density at radius 2 is 2.22 bits per heavy atom. The van der Waals surface area contributed by atoms with Crippen molar-refractivity contribution in [2.75, 3.05) is 7.11 Å². The first-order valence-electron chi connectivity index (χ1n) is 5.30. The quantitative estimate of drug-likeness (QED) is 0.865. The van der Waals surface area contributed by atoms with Crippen LogP contribution < -0.4 is 10.5 Å². The molecule has 0 radical (unpaired) electrons. The van der Waals surface area contributed by atoms with Gasteiger partial charge in [-0.15, -0.1) is 11.3 Å². The summed E-state index contributed by atoms with van der Waals surface area (Å²) in [5.74, 6) is -0.767. The summed E-state index contributed by atoms with van der Waals surface area (Å²) in [6, 6.07) is 6.93. The molecule has 2 N–H and O–H groups in total. The van der Waals surface area contributed by atoms with Gasteiger partial charge in [0.1, 0.15) is 6.04 Å². The van der Waals surface area contributed by atoms with Gasteiger partial charge in [-0.05, 0) is 29.6 Å². The van der Waals surface area contributed by atoms with Gasteiger partial charge < -0.3 is 10.5 Å². The SMILES string of the molecule is COc1ccc(C(=O)C(N)c2cccs2)cc1F. The van der Waals surface area contributed by atoms with Crippen molar-refractivity contribution in [2.45, 2.75) is 6.04 Å².